The molecule has 114 valence electrons. The van der Waals surface area contributed by atoms with E-state index in [1.807, 2.05) is 0 Å². The number of nitrogens with zero attached hydrogens (tertiary/aromatic N) is 1. The van der Waals surface area contributed by atoms with Crippen LogP contribution in [0, 0.1) is 0 Å². The van der Waals surface area contributed by atoms with Crippen LogP contribution in [0.2, 0.25) is 0 Å². The van der Waals surface area contributed by atoms with E-state index in [0.717, 1.165) is 7.11 Å². The Morgan fingerprint density at radius 2 is 1.80 bits per heavy atom. The minimum atomic E-state index is -0.904. The first-order valence-corrected chi connectivity index (χ1v) is 6.25. The second-order valence-corrected chi connectivity index (χ2v) is 5.10. The molecule has 0 rings (SSSR count). The highest BCUT2D eigenvalue weighted by Gasteiger charge is 2.28. The van der Waals surface area contributed by atoms with Gasteiger partial charge >= 0.3 is 12.1 Å². The van der Waals surface area contributed by atoms with Crippen molar-refractivity contribution in [1.29, 1.82) is 0 Å². The van der Waals surface area contributed by atoms with E-state index < -0.39 is 30.1 Å². The number of hydrogen-bond acceptors (Lipinski definition) is 6. The molecule has 0 unspecified atom stereocenters. The summed E-state index contributed by atoms with van der Waals surface area (Å²) in [5, 5.41) is 0. The number of imide groups is 1. The van der Waals surface area contributed by atoms with Gasteiger partial charge in [-0.3, -0.25) is 9.59 Å². The van der Waals surface area contributed by atoms with Gasteiger partial charge in [-0.15, -0.1) is 0 Å². The van der Waals surface area contributed by atoms with E-state index in [2.05, 4.69) is 4.74 Å². The van der Waals surface area contributed by atoms with Gasteiger partial charge in [-0.2, -0.15) is 0 Å². The predicted molar refractivity (Wildman–Crippen MR) is 69.9 cm³/mol. The molecule has 0 heterocycles. The zero-order valence-corrected chi connectivity index (χ0v) is 12.3. The van der Waals surface area contributed by atoms with Crippen LogP contribution < -0.4 is 0 Å². The SMILES string of the molecule is COC(=O)CN(C(=O)CCCC=O)C(=O)OC(C)(C)C. The topological polar surface area (TPSA) is 90.0 Å². The number of carbonyl (C=O) groups is 4. The summed E-state index contributed by atoms with van der Waals surface area (Å²) in [6.45, 7) is 4.44. The monoisotopic (exact) mass is 287 g/mol. The lowest BCUT2D eigenvalue weighted by Gasteiger charge is -2.25. The zero-order valence-electron chi connectivity index (χ0n) is 12.3. The third-order valence-electron chi connectivity index (χ3n) is 2.14. The largest absolute Gasteiger partial charge is 0.468 e. The summed E-state index contributed by atoms with van der Waals surface area (Å²) in [4.78, 5) is 45.9. The lowest BCUT2D eigenvalue weighted by molar-refractivity contribution is -0.146. The Labute approximate surface area is 118 Å². The first kappa shape index (κ1) is 18.1. The highest BCUT2D eigenvalue weighted by atomic mass is 16.6. The molecule has 0 fully saturated rings. The molecule has 0 aromatic heterocycles. The van der Waals surface area contributed by atoms with Crippen molar-refractivity contribution >= 4 is 24.3 Å². The Morgan fingerprint density at radius 3 is 2.25 bits per heavy atom. The van der Waals surface area contributed by atoms with Gasteiger partial charge in [0.25, 0.3) is 0 Å². The Hall–Kier alpha value is -1.92. The highest BCUT2D eigenvalue weighted by Crippen LogP contribution is 2.11. The number of aldehydes is 1. The Morgan fingerprint density at radius 1 is 1.20 bits per heavy atom. The maximum absolute atomic E-state index is 11.9. The Balaban J connectivity index is 4.78. The first-order chi connectivity index (χ1) is 9.21. The molecular formula is C13H21NO6. The van der Waals surface area contributed by atoms with Crippen LogP contribution in [0.1, 0.15) is 40.0 Å². The van der Waals surface area contributed by atoms with Crippen molar-refractivity contribution in [2.75, 3.05) is 13.7 Å². The fourth-order valence-electron chi connectivity index (χ4n) is 1.24. The number of amides is 2. The van der Waals surface area contributed by atoms with Crippen molar-refractivity contribution < 1.29 is 28.7 Å². The van der Waals surface area contributed by atoms with E-state index in [9.17, 15) is 19.2 Å². The summed E-state index contributed by atoms with van der Waals surface area (Å²) in [5.74, 6) is -1.30. The fourth-order valence-corrected chi connectivity index (χ4v) is 1.24. The minimum absolute atomic E-state index is 0.0189. The predicted octanol–water partition coefficient (Wildman–Crippen LogP) is 1.29. The molecule has 0 radical (unpaired) electrons. The van der Waals surface area contributed by atoms with Crippen LogP contribution in [0.5, 0.6) is 0 Å². The molecule has 0 atom stereocenters. The van der Waals surface area contributed by atoms with E-state index in [0.29, 0.717) is 17.6 Å². The van der Waals surface area contributed by atoms with Crippen LogP contribution in [-0.4, -0.2) is 48.4 Å². The molecule has 7 heteroatoms. The molecule has 0 aromatic rings. The van der Waals surface area contributed by atoms with Gasteiger partial charge in [0.1, 0.15) is 18.4 Å². The molecule has 0 spiro atoms. The van der Waals surface area contributed by atoms with Crippen LogP contribution in [0.4, 0.5) is 4.79 Å². The quantitative estimate of drug-likeness (QED) is 0.415. The van der Waals surface area contributed by atoms with E-state index in [-0.39, 0.29) is 12.8 Å². The molecule has 0 aliphatic rings. The molecule has 0 N–H and O–H groups in total. The second-order valence-electron chi connectivity index (χ2n) is 5.10. The van der Waals surface area contributed by atoms with E-state index >= 15 is 0 Å². The Bertz CT molecular complexity index is 372. The summed E-state index contributed by atoms with van der Waals surface area (Å²) in [5.41, 5.74) is -0.783. The molecule has 20 heavy (non-hydrogen) atoms. The van der Waals surface area contributed by atoms with E-state index in [1.165, 1.54) is 0 Å². The van der Waals surface area contributed by atoms with Crippen molar-refractivity contribution in [2.24, 2.45) is 0 Å². The zero-order chi connectivity index (χ0) is 15.8. The molecule has 2 amide bonds. The van der Waals surface area contributed by atoms with Gasteiger partial charge in [0.15, 0.2) is 0 Å². The highest BCUT2D eigenvalue weighted by molar-refractivity contribution is 5.95. The average Bonchev–Trinajstić information content (AvgIpc) is 2.33. The summed E-state index contributed by atoms with van der Waals surface area (Å²) >= 11 is 0. The molecule has 0 aliphatic heterocycles. The molecule has 0 aromatic carbocycles. The van der Waals surface area contributed by atoms with Crippen molar-refractivity contribution in [3.05, 3.63) is 0 Å². The molecule has 0 saturated heterocycles. The summed E-state index contributed by atoms with van der Waals surface area (Å²) in [6.07, 6.45) is 0.286. The van der Waals surface area contributed by atoms with Crippen LogP contribution >= 0.6 is 0 Å². The van der Waals surface area contributed by atoms with Crippen LogP contribution in [-0.2, 0) is 23.9 Å². The van der Waals surface area contributed by atoms with E-state index in [1.54, 1.807) is 20.8 Å². The summed E-state index contributed by atoms with van der Waals surface area (Å²) in [6, 6.07) is 0. The number of esters is 1. The summed E-state index contributed by atoms with van der Waals surface area (Å²) < 4.78 is 9.50. The number of carbonyl (C=O) groups excluding carboxylic acids is 4. The minimum Gasteiger partial charge on any atom is -0.468 e. The third-order valence-corrected chi connectivity index (χ3v) is 2.14. The number of rotatable bonds is 6. The maximum Gasteiger partial charge on any atom is 0.417 e. The van der Waals surface area contributed by atoms with Gasteiger partial charge in [0.05, 0.1) is 7.11 Å². The van der Waals surface area contributed by atoms with Crippen molar-refractivity contribution in [3.8, 4) is 0 Å². The smallest absolute Gasteiger partial charge is 0.417 e. The second kappa shape index (κ2) is 8.29. The number of ether oxygens (including phenoxy) is 2. The summed E-state index contributed by atoms with van der Waals surface area (Å²) in [7, 11) is 1.16. The Kier molecular flexibility index (Phi) is 7.49. The molecule has 7 nitrogen and oxygen atoms in total. The average molecular weight is 287 g/mol. The van der Waals surface area contributed by atoms with Crippen LogP contribution in [0.25, 0.3) is 0 Å². The van der Waals surface area contributed by atoms with Gasteiger partial charge in [-0.25, -0.2) is 9.69 Å². The molecular weight excluding hydrogens is 266 g/mol. The third kappa shape index (κ3) is 7.50. The standard InChI is InChI=1S/C13H21NO6/c1-13(2,3)20-12(18)14(9-11(17)19-4)10(16)7-5-6-8-15/h8H,5-7,9H2,1-4H3. The van der Waals surface area contributed by atoms with Crippen molar-refractivity contribution in [2.45, 2.75) is 45.6 Å². The molecule has 0 bridgehead atoms. The van der Waals surface area contributed by atoms with Crippen LogP contribution in [0.3, 0.4) is 0 Å². The van der Waals surface area contributed by atoms with Gasteiger partial charge in [0.2, 0.25) is 5.91 Å². The normalized spacial score (nSPS) is 10.6. The van der Waals surface area contributed by atoms with Crippen molar-refractivity contribution in [1.82, 2.24) is 4.90 Å². The first-order valence-electron chi connectivity index (χ1n) is 6.25. The number of hydrogen-bond donors (Lipinski definition) is 0. The van der Waals surface area contributed by atoms with Gasteiger partial charge in [-0.1, -0.05) is 0 Å². The van der Waals surface area contributed by atoms with Crippen molar-refractivity contribution in [3.63, 3.8) is 0 Å². The van der Waals surface area contributed by atoms with Crippen LogP contribution in [0.15, 0.2) is 0 Å². The van der Waals surface area contributed by atoms with Gasteiger partial charge in [-0.05, 0) is 27.2 Å². The number of methoxy groups -OCH3 is 1. The molecule has 0 saturated carbocycles. The van der Waals surface area contributed by atoms with Gasteiger partial charge in [0, 0.05) is 12.8 Å². The van der Waals surface area contributed by atoms with E-state index in [4.69, 9.17) is 4.74 Å². The van der Waals surface area contributed by atoms with Gasteiger partial charge < -0.3 is 14.3 Å². The number of unbranched alkanes of at least 4 members (excludes halogenated alkanes) is 1. The lowest BCUT2D eigenvalue weighted by atomic mass is 10.2. The fraction of sp³-hybridized carbons (Fsp3) is 0.692. The maximum atomic E-state index is 11.9. The molecule has 0 aliphatic carbocycles. The lowest BCUT2D eigenvalue weighted by Crippen LogP contribution is -2.43.